The average molecular weight is 283 g/mol. The summed E-state index contributed by atoms with van der Waals surface area (Å²) in [5.74, 6) is 0.533. The van der Waals surface area contributed by atoms with Crippen molar-refractivity contribution in [1.29, 1.82) is 0 Å². The summed E-state index contributed by atoms with van der Waals surface area (Å²) in [6, 6.07) is 12.8. The highest BCUT2D eigenvalue weighted by Crippen LogP contribution is 2.25. The number of carbonyl (C=O) groups is 1. The van der Waals surface area contributed by atoms with Crippen LogP contribution < -0.4 is 10.5 Å². The molecule has 0 aliphatic heterocycles. The lowest BCUT2D eigenvalue weighted by Crippen LogP contribution is -2.12. The van der Waals surface area contributed by atoms with Crippen molar-refractivity contribution in [1.82, 2.24) is 0 Å². The number of benzene rings is 2. The van der Waals surface area contributed by atoms with Gasteiger partial charge in [0.15, 0.2) is 5.78 Å². The molecule has 0 radical (unpaired) electrons. The van der Waals surface area contributed by atoms with E-state index in [4.69, 9.17) is 10.5 Å². The largest absolute Gasteiger partial charge is 0.497 e. The van der Waals surface area contributed by atoms with Crippen molar-refractivity contribution in [2.45, 2.75) is 26.2 Å². The van der Waals surface area contributed by atoms with Gasteiger partial charge in [-0.3, -0.25) is 4.79 Å². The van der Waals surface area contributed by atoms with Crippen LogP contribution in [0.5, 0.6) is 5.75 Å². The number of ketones is 1. The van der Waals surface area contributed by atoms with E-state index < -0.39 is 0 Å². The van der Waals surface area contributed by atoms with Crippen LogP contribution in [0.3, 0.4) is 0 Å². The molecule has 110 valence electrons. The van der Waals surface area contributed by atoms with Gasteiger partial charge in [0, 0.05) is 16.8 Å². The van der Waals surface area contributed by atoms with Crippen LogP contribution >= 0.6 is 0 Å². The summed E-state index contributed by atoms with van der Waals surface area (Å²) in [7, 11) is 1.57. The maximum absolute atomic E-state index is 12.6. The molecule has 2 N–H and O–H groups in total. The first kappa shape index (κ1) is 15.1. The van der Waals surface area contributed by atoms with E-state index in [1.165, 1.54) is 5.56 Å². The number of anilines is 1. The van der Waals surface area contributed by atoms with E-state index in [1.54, 1.807) is 25.3 Å². The molecule has 21 heavy (non-hydrogen) atoms. The minimum absolute atomic E-state index is 0.0660. The number of nitrogen functional groups attached to an aromatic ring is 1. The van der Waals surface area contributed by atoms with Gasteiger partial charge in [0.2, 0.25) is 0 Å². The van der Waals surface area contributed by atoms with Gasteiger partial charge in [0.25, 0.3) is 0 Å². The number of hydrogen-bond acceptors (Lipinski definition) is 3. The summed E-state index contributed by atoms with van der Waals surface area (Å²) < 4.78 is 5.15. The standard InChI is InChI=1S/C18H21NO2/c1-18(2,3)13-7-5-12(6-8-13)17(20)15-11-14(21-4)9-10-16(15)19/h5-11H,19H2,1-4H3. The molecule has 0 aliphatic rings. The third kappa shape index (κ3) is 3.24. The topological polar surface area (TPSA) is 52.3 Å². The molecule has 0 amide bonds. The van der Waals surface area contributed by atoms with Crippen LogP contribution in [0, 0.1) is 0 Å². The fraction of sp³-hybridized carbons (Fsp3) is 0.278. The fourth-order valence-electron chi connectivity index (χ4n) is 2.14. The lowest BCUT2D eigenvalue weighted by Gasteiger charge is -2.19. The lowest BCUT2D eigenvalue weighted by atomic mass is 9.86. The lowest BCUT2D eigenvalue weighted by molar-refractivity contribution is 0.103. The van der Waals surface area contributed by atoms with Gasteiger partial charge in [-0.2, -0.15) is 0 Å². The second kappa shape index (κ2) is 5.60. The first-order chi connectivity index (χ1) is 9.82. The quantitative estimate of drug-likeness (QED) is 0.688. The van der Waals surface area contributed by atoms with Gasteiger partial charge in [-0.25, -0.2) is 0 Å². The zero-order chi connectivity index (χ0) is 15.6. The molecule has 0 spiro atoms. The van der Waals surface area contributed by atoms with Crippen molar-refractivity contribution >= 4 is 11.5 Å². The predicted octanol–water partition coefficient (Wildman–Crippen LogP) is 3.81. The van der Waals surface area contributed by atoms with Crippen LogP contribution in [-0.4, -0.2) is 12.9 Å². The van der Waals surface area contributed by atoms with E-state index in [0.29, 0.717) is 22.6 Å². The van der Waals surface area contributed by atoms with Crippen molar-refractivity contribution in [2.75, 3.05) is 12.8 Å². The second-order valence-corrected chi connectivity index (χ2v) is 6.11. The molecule has 0 heterocycles. The molecule has 2 aromatic rings. The highest BCUT2D eigenvalue weighted by Gasteiger charge is 2.16. The number of nitrogens with two attached hydrogens (primary N) is 1. The minimum Gasteiger partial charge on any atom is -0.497 e. The van der Waals surface area contributed by atoms with Crippen molar-refractivity contribution in [3.8, 4) is 5.75 Å². The summed E-state index contributed by atoms with van der Waals surface area (Å²) in [5, 5.41) is 0. The molecule has 0 atom stereocenters. The molecule has 0 fully saturated rings. The van der Waals surface area contributed by atoms with E-state index >= 15 is 0 Å². The van der Waals surface area contributed by atoms with Crippen LogP contribution in [0.2, 0.25) is 0 Å². The van der Waals surface area contributed by atoms with Gasteiger partial charge in [-0.15, -0.1) is 0 Å². The summed E-state index contributed by atoms with van der Waals surface area (Å²) in [5.41, 5.74) is 8.72. The Hall–Kier alpha value is -2.29. The third-order valence-corrected chi connectivity index (χ3v) is 3.52. The Bertz CT molecular complexity index is 652. The van der Waals surface area contributed by atoms with E-state index in [0.717, 1.165) is 0 Å². The Morgan fingerprint density at radius 3 is 2.19 bits per heavy atom. The van der Waals surface area contributed by atoms with Crippen LogP contribution in [0.15, 0.2) is 42.5 Å². The number of hydrogen-bond donors (Lipinski definition) is 1. The van der Waals surface area contributed by atoms with Crippen molar-refractivity contribution < 1.29 is 9.53 Å². The van der Waals surface area contributed by atoms with Gasteiger partial charge in [-0.05, 0) is 29.2 Å². The molecular formula is C18H21NO2. The zero-order valence-corrected chi connectivity index (χ0v) is 12.9. The Labute approximate surface area is 125 Å². The maximum atomic E-state index is 12.6. The van der Waals surface area contributed by atoms with Gasteiger partial charge in [0.1, 0.15) is 5.75 Å². The SMILES string of the molecule is COc1ccc(N)c(C(=O)c2ccc(C(C)(C)C)cc2)c1. The summed E-state index contributed by atoms with van der Waals surface area (Å²) in [6.07, 6.45) is 0. The van der Waals surface area contributed by atoms with E-state index in [1.807, 2.05) is 24.3 Å². The summed E-state index contributed by atoms with van der Waals surface area (Å²) >= 11 is 0. The highest BCUT2D eigenvalue weighted by molar-refractivity contribution is 6.12. The molecule has 3 nitrogen and oxygen atoms in total. The van der Waals surface area contributed by atoms with Gasteiger partial charge in [0.05, 0.1) is 7.11 Å². The van der Waals surface area contributed by atoms with E-state index in [-0.39, 0.29) is 11.2 Å². The van der Waals surface area contributed by atoms with Gasteiger partial charge in [-0.1, -0.05) is 45.0 Å². The molecule has 0 saturated heterocycles. The van der Waals surface area contributed by atoms with Crippen LogP contribution in [0.4, 0.5) is 5.69 Å². The Kier molecular flexibility index (Phi) is 4.03. The normalized spacial score (nSPS) is 11.2. The van der Waals surface area contributed by atoms with Crippen LogP contribution in [-0.2, 0) is 5.41 Å². The van der Waals surface area contributed by atoms with Crippen molar-refractivity contribution in [3.05, 3.63) is 59.2 Å². The van der Waals surface area contributed by atoms with Gasteiger partial charge >= 0.3 is 0 Å². The van der Waals surface area contributed by atoms with E-state index in [2.05, 4.69) is 20.8 Å². The van der Waals surface area contributed by atoms with Crippen molar-refractivity contribution in [3.63, 3.8) is 0 Å². The highest BCUT2D eigenvalue weighted by atomic mass is 16.5. The summed E-state index contributed by atoms with van der Waals surface area (Å²) in [4.78, 5) is 12.6. The molecule has 0 bridgehead atoms. The number of rotatable bonds is 3. The van der Waals surface area contributed by atoms with Crippen LogP contribution in [0.25, 0.3) is 0 Å². The molecule has 0 unspecified atom stereocenters. The van der Waals surface area contributed by atoms with Gasteiger partial charge < -0.3 is 10.5 Å². The minimum atomic E-state index is -0.0909. The molecular weight excluding hydrogens is 262 g/mol. The summed E-state index contributed by atoms with van der Waals surface area (Å²) in [6.45, 7) is 6.43. The first-order valence-corrected chi connectivity index (χ1v) is 6.91. The number of carbonyl (C=O) groups excluding carboxylic acids is 1. The van der Waals surface area contributed by atoms with Crippen molar-refractivity contribution in [2.24, 2.45) is 0 Å². The fourth-order valence-corrected chi connectivity index (χ4v) is 2.14. The monoisotopic (exact) mass is 283 g/mol. The Balaban J connectivity index is 2.36. The number of methoxy groups -OCH3 is 1. The smallest absolute Gasteiger partial charge is 0.195 e. The van der Waals surface area contributed by atoms with Crippen LogP contribution in [0.1, 0.15) is 42.3 Å². The molecule has 0 aliphatic carbocycles. The number of ether oxygens (including phenoxy) is 1. The first-order valence-electron chi connectivity index (χ1n) is 6.91. The molecule has 2 aromatic carbocycles. The van der Waals surface area contributed by atoms with E-state index in [9.17, 15) is 4.79 Å². The Morgan fingerprint density at radius 2 is 1.67 bits per heavy atom. The molecule has 0 saturated carbocycles. The third-order valence-electron chi connectivity index (χ3n) is 3.52. The maximum Gasteiger partial charge on any atom is 0.195 e. The molecule has 0 aromatic heterocycles. The molecule has 3 heteroatoms. The average Bonchev–Trinajstić information content (AvgIpc) is 2.46. The predicted molar refractivity (Wildman–Crippen MR) is 86.0 cm³/mol. The zero-order valence-electron chi connectivity index (χ0n) is 12.9. The Morgan fingerprint density at radius 1 is 1.05 bits per heavy atom. The second-order valence-electron chi connectivity index (χ2n) is 6.11. The molecule has 2 rings (SSSR count).